The Morgan fingerprint density at radius 3 is 2.33 bits per heavy atom. The normalized spacial score (nSPS) is 17.6. The van der Waals surface area contributed by atoms with Crippen LogP contribution in [0.4, 0.5) is 0 Å². The molecule has 0 unspecified atom stereocenters. The predicted molar refractivity (Wildman–Crippen MR) is 70.3 cm³/mol. The number of amides is 1. The summed E-state index contributed by atoms with van der Waals surface area (Å²) in [6.45, 7) is 6.77. The summed E-state index contributed by atoms with van der Waals surface area (Å²) in [5.74, 6) is -0.255. The lowest BCUT2D eigenvalue weighted by Gasteiger charge is -2.25. The molecule has 1 rings (SSSR count). The second-order valence-corrected chi connectivity index (χ2v) is 6.69. The van der Waals surface area contributed by atoms with Gasteiger partial charge in [0.15, 0.2) is 0 Å². The average molecular weight is 277 g/mol. The zero-order chi connectivity index (χ0) is 13.8. The van der Waals surface area contributed by atoms with Crippen molar-refractivity contribution in [2.75, 3.05) is 26.2 Å². The largest absolute Gasteiger partial charge is 0.353 e. The van der Waals surface area contributed by atoms with Crippen LogP contribution in [0.25, 0.3) is 0 Å². The van der Waals surface area contributed by atoms with Crippen LogP contribution in [0, 0.1) is 0 Å². The Labute approximate surface area is 110 Å². The number of carbonyl (C=O) groups excluding carboxylic acids is 1. The molecule has 6 nitrogen and oxygen atoms in total. The highest BCUT2D eigenvalue weighted by Crippen LogP contribution is 2.16. The van der Waals surface area contributed by atoms with Crippen LogP contribution in [0.15, 0.2) is 0 Å². The molecule has 1 aliphatic heterocycles. The van der Waals surface area contributed by atoms with Gasteiger partial charge in [0, 0.05) is 25.7 Å². The SMILES string of the molecule is CCN(CC(=O)NC(C)C)S(=O)(=O)N1CCCC1. The van der Waals surface area contributed by atoms with Gasteiger partial charge in [0.25, 0.3) is 10.2 Å². The van der Waals surface area contributed by atoms with Crippen LogP contribution in [0.1, 0.15) is 33.6 Å². The van der Waals surface area contributed by atoms with Crippen LogP contribution in [-0.2, 0) is 15.0 Å². The van der Waals surface area contributed by atoms with Gasteiger partial charge < -0.3 is 5.32 Å². The van der Waals surface area contributed by atoms with Crippen molar-refractivity contribution < 1.29 is 13.2 Å². The third-order valence-corrected chi connectivity index (χ3v) is 4.90. The third-order valence-electron chi connectivity index (χ3n) is 2.84. The number of carbonyl (C=O) groups is 1. The summed E-state index contributed by atoms with van der Waals surface area (Å²) >= 11 is 0. The molecule has 1 amide bonds. The molecule has 0 aromatic carbocycles. The molecule has 0 bridgehead atoms. The van der Waals surface area contributed by atoms with Gasteiger partial charge >= 0.3 is 0 Å². The van der Waals surface area contributed by atoms with Gasteiger partial charge in [-0.3, -0.25) is 4.79 Å². The molecule has 7 heteroatoms. The van der Waals surface area contributed by atoms with Crippen LogP contribution in [0.2, 0.25) is 0 Å². The van der Waals surface area contributed by atoms with Crippen molar-refractivity contribution in [2.45, 2.75) is 39.7 Å². The molecule has 0 saturated carbocycles. The monoisotopic (exact) mass is 277 g/mol. The molecule has 18 heavy (non-hydrogen) atoms. The lowest BCUT2D eigenvalue weighted by molar-refractivity contribution is -0.121. The second-order valence-electron chi connectivity index (χ2n) is 4.76. The summed E-state index contributed by atoms with van der Waals surface area (Å²) in [7, 11) is -3.48. The van der Waals surface area contributed by atoms with Crippen molar-refractivity contribution >= 4 is 16.1 Å². The van der Waals surface area contributed by atoms with Crippen LogP contribution in [0.5, 0.6) is 0 Å². The quantitative estimate of drug-likeness (QED) is 0.752. The van der Waals surface area contributed by atoms with E-state index in [0.29, 0.717) is 19.6 Å². The molecule has 1 N–H and O–H groups in total. The van der Waals surface area contributed by atoms with Crippen molar-refractivity contribution in [3.05, 3.63) is 0 Å². The maximum atomic E-state index is 12.3. The first-order valence-electron chi connectivity index (χ1n) is 6.42. The smallest absolute Gasteiger partial charge is 0.282 e. The first kappa shape index (κ1) is 15.4. The molecule has 0 atom stereocenters. The number of likely N-dealkylation sites (N-methyl/N-ethyl adjacent to an activating group) is 1. The van der Waals surface area contributed by atoms with E-state index in [-0.39, 0.29) is 18.5 Å². The van der Waals surface area contributed by atoms with E-state index in [0.717, 1.165) is 12.8 Å². The maximum absolute atomic E-state index is 12.3. The molecular formula is C11H23N3O3S. The van der Waals surface area contributed by atoms with Crippen LogP contribution >= 0.6 is 0 Å². The summed E-state index contributed by atoms with van der Waals surface area (Å²) in [5.41, 5.74) is 0. The van der Waals surface area contributed by atoms with E-state index in [1.807, 2.05) is 13.8 Å². The molecule has 1 aliphatic rings. The zero-order valence-corrected chi connectivity index (χ0v) is 12.2. The molecule has 1 heterocycles. The first-order chi connectivity index (χ1) is 8.37. The number of hydrogen-bond acceptors (Lipinski definition) is 3. The Hall–Kier alpha value is -0.660. The number of nitrogens with one attached hydrogen (secondary N) is 1. The minimum atomic E-state index is -3.48. The molecule has 1 fully saturated rings. The Kier molecular flexibility index (Phi) is 5.55. The van der Waals surface area contributed by atoms with Crippen molar-refractivity contribution in [2.24, 2.45) is 0 Å². The Bertz CT molecular complexity index is 375. The minimum Gasteiger partial charge on any atom is -0.353 e. The molecule has 0 aromatic rings. The van der Waals surface area contributed by atoms with Gasteiger partial charge in [-0.1, -0.05) is 6.92 Å². The Morgan fingerprint density at radius 2 is 1.89 bits per heavy atom. The minimum absolute atomic E-state index is 0.0192. The van der Waals surface area contributed by atoms with E-state index >= 15 is 0 Å². The maximum Gasteiger partial charge on any atom is 0.282 e. The van der Waals surface area contributed by atoms with Gasteiger partial charge in [-0.2, -0.15) is 17.0 Å². The van der Waals surface area contributed by atoms with E-state index in [9.17, 15) is 13.2 Å². The van der Waals surface area contributed by atoms with Crippen LogP contribution < -0.4 is 5.32 Å². The van der Waals surface area contributed by atoms with Crippen molar-refractivity contribution in [1.82, 2.24) is 13.9 Å². The van der Waals surface area contributed by atoms with E-state index in [1.54, 1.807) is 6.92 Å². The highest BCUT2D eigenvalue weighted by atomic mass is 32.2. The summed E-state index contributed by atoms with van der Waals surface area (Å²) in [6, 6.07) is 0.0192. The molecule has 0 spiro atoms. The molecule has 106 valence electrons. The van der Waals surface area contributed by atoms with Gasteiger partial charge in [0.2, 0.25) is 5.91 Å². The fraction of sp³-hybridized carbons (Fsp3) is 0.909. The standard InChI is InChI=1S/C11H23N3O3S/c1-4-13(9-11(15)12-10(2)3)18(16,17)14-7-5-6-8-14/h10H,4-9H2,1-3H3,(H,12,15). The molecular weight excluding hydrogens is 254 g/mol. The predicted octanol–water partition coefficient (Wildman–Crippen LogP) is 0.174. The zero-order valence-electron chi connectivity index (χ0n) is 11.3. The fourth-order valence-electron chi connectivity index (χ4n) is 1.97. The highest BCUT2D eigenvalue weighted by molar-refractivity contribution is 7.86. The molecule has 1 saturated heterocycles. The Morgan fingerprint density at radius 1 is 1.33 bits per heavy atom. The summed E-state index contributed by atoms with van der Waals surface area (Å²) < 4.78 is 27.2. The van der Waals surface area contributed by atoms with Crippen LogP contribution in [-0.4, -0.2) is 55.2 Å². The van der Waals surface area contributed by atoms with Gasteiger partial charge in [0.05, 0.1) is 6.54 Å². The molecule has 0 aliphatic carbocycles. The second kappa shape index (κ2) is 6.49. The number of nitrogens with zero attached hydrogens (tertiary/aromatic N) is 2. The van der Waals surface area contributed by atoms with Gasteiger partial charge in [0.1, 0.15) is 0 Å². The fourth-order valence-corrected chi connectivity index (χ4v) is 3.62. The lowest BCUT2D eigenvalue weighted by atomic mass is 10.4. The first-order valence-corrected chi connectivity index (χ1v) is 7.82. The van der Waals surface area contributed by atoms with E-state index in [4.69, 9.17) is 0 Å². The van der Waals surface area contributed by atoms with Crippen molar-refractivity contribution in [3.63, 3.8) is 0 Å². The summed E-state index contributed by atoms with van der Waals surface area (Å²) in [4.78, 5) is 11.6. The van der Waals surface area contributed by atoms with Crippen molar-refractivity contribution in [3.8, 4) is 0 Å². The number of rotatable bonds is 6. The topological polar surface area (TPSA) is 69.7 Å². The molecule has 0 radical (unpaired) electrons. The van der Waals surface area contributed by atoms with E-state index in [2.05, 4.69) is 5.32 Å². The van der Waals surface area contributed by atoms with Gasteiger partial charge in [-0.15, -0.1) is 0 Å². The lowest BCUT2D eigenvalue weighted by Crippen LogP contribution is -2.47. The highest BCUT2D eigenvalue weighted by Gasteiger charge is 2.31. The van der Waals surface area contributed by atoms with E-state index < -0.39 is 10.2 Å². The summed E-state index contributed by atoms with van der Waals surface area (Å²) in [6.07, 6.45) is 1.80. The Balaban J connectivity index is 2.67. The third kappa shape index (κ3) is 3.93. The number of hydrogen-bond donors (Lipinski definition) is 1. The average Bonchev–Trinajstić information content (AvgIpc) is 2.78. The summed E-state index contributed by atoms with van der Waals surface area (Å²) in [5, 5.41) is 2.71. The van der Waals surface area contributed by atoms with Crippen LogP contribution in [0.3, 0.4) is 0 Å². The molecule has 0 aromatic heterocycles. The van der Waals surface area contributed by atoms with Gasteiger partial charge in [-0.05, 0) is 26.7 Å². The van der Waals surface area contributed by atoms with Crippen molar-refractivity contribution in [1.29, 1.82) is 0 Å². The van der Waals surface area contributed by atoms with Gasteiger partial charge in [-0.25, -0.2) is 0 Å². The van der Waals surface area contributed by atoms with E-state index in [1.165, 1.54) is 8.61 Å².